The second-order valence-corrected chi connectivity index (χ2v) is 4.87. The van der Waals surface area contributed by atoms with Crippen LogP contribution in [-0.4, -0.2) is 33.3 Å². The molecule has 4 heteroatoms. The highest BCUT2D eigenvalue weighted by Crippen LogP contribution is 2.28. The first-order chi connectivity index (χ1) is 8.20. The number of likely N-dealkylation sites (N-methyl/N-ethyl adjacent to an activating group) is 1. The average Bonchev–Trinajstić information content (AvgIpc) is 3.12. The van der Waals surface area contributed by atoms with Crippen LogP contribution in [0.4, 0.5) is 5.69 Å². The van der Waals surface area contributed by atoms with Crippen LogP contribution in [0, 0.1) is 0 Å². The summed E-state index contributed by atoms with van der Waals surface area (Å²) in [6, 6.07) is 6.54. The van der Waals surface area contributed by atoms with Gasteiger partial charge in [-0.05, 0) is 25.0 Å². The van der Waals surface area contributed by atoms with E-state index in [1.54, 1.807) is 7.11 Å². The quantitative estimate of drug-likeness (QED) is 0.844. The van der Waals surface area contributed by atoms with Gasteiger partial charge in [0.15, 0.2) is 0 Å². The lowest BCUT2D eigenvalue weighted by molar-refractivity contribution is 0.415. The topological polar surface area (TPSA) is 24.5 Å². The molecule has 3 nitrogen and oxygen atoms in total. The number of rotatable bonds is 6. The minimum atomic E-state index is 0.735. The first-order valence-corrected chi connectivity index (χ1v) is 6.36. The molecule has 0 heterocycles. The van der Waals surface area contributed by atoms with E-state index in [0.717, 1.165) is 35.6 Å². The zero-order valence-corrected chi connectivity index (χ0v) is 11.1. The SMILES string of the molecule is COc1ccc(N(C)CCNC2CC2)c(Cl)c1. The molecule has 0 unspecified atom stereocenters. The van der Waals surface area contributed by atoms with Crippen molar-refractivity contribution in [1.29, 1.82) is 0 Å². The smallest absolute Gasteiger partial charge is 0.120 e. The second kappa shape index (κ2) is 5.61. The average molecular weight is 255 g/mol. The van der Waals surface area contributed by atoms with Gasteiger partial charge in [0, 0.05) is 32.2 Å². The summed E-state index contributed by atoms with van der Waals surface area (Å²) < 4.78 is 5.14. The Hall–Kier alpha value is -0.930. The van der Waals surface area contributed by atoms with Gasteiger partial charge < -0.3 is 15.0 Å². The molecule has 0 spiro atoms. The summed E-state index contributed by atoms with van der Waals surface area (Å²) in [6.45, 7) is 1.96. The van der Waals surface area contributed by atoms with E-state index in [-0.39, 0.29) is 0 Å². The fourth-order valence-corrected chi connectivity index (χ4v) is 2.08. The highest BCUT2D eigenvalue weighted by molar-refractivity contribution is 6.33. The Balaban J connectivity index is 1.90. The third-order valence-corrected chi connectivity index (χ3v) is 3.33. The largest absolute Gasteiger partial charge is 0.497 e. The molecule has 1 fully saturated rings. The molecule has 0 amide bonds. The molecule has 0 bridgehead atoms. The summed E-state index contributed by atoms with van der Waals surface area (Å²) in [6.07, 6.45) is 2.65. The lowest BCUT2D eigenvalue weighted by atomic mass is 10.2. The Bertz CT molecular complexity index is 380. The molecule has 0 aromatic heterocycles. The van der Waals surface area contributed by atoms with E-state index in [1.807, 2.05) is 18.2 Å². The van der Waals surface area contributed by atoms with E-state index in [2.05, 4.69) is 17.3 Å². The van der Waals surface area contributed by atoms with Gasteiger partial charge in [-0.3, -0.25) is 0 Å². The summed E-state index contributed by atoms with van der Waals surface area (Å²) in [7, 11) is 3.71. The molecule has 1 aromatic rings. The summed E-state index contributed by atoms with van der Waals surface area (Å²) >= 11 is 6.21. The number of hydrogen-bond acceptors (Lipinski definition) is 3. The van der Waals surface area contributed by atoms with E-state index in [1.165, 1.54) is 12.8 Å². The molecule has 94 valence electrons. The predicted octanol–water partition coefficient (Wildman–Crippen LogP) is 2.54. The molecule has 2 rings (SSSR count). The molecule has 1 aromatic carbocycles. The molecule has 1 N–H and O–H groups in total. The van der Waals surface area contributed by atoms with Gasteiger partial charge in [-0.25, -0.2) is 0 Å². The van der Waals surface area contributed by atoms with Crippen LogP contribution >= 0.6 is 11.6 Å². The predicted molar refractivity (Wildman–Crippen MR) is 72.3 cm³/mol. The number of nitrogens with one attached hydrogen (secondary N) is 1. The maximum absolute atomic E-state index is 6.21. The fourth-order valence-electron chi connectivity index (χ4n) is 1.77. The van der Waals surface area contributed by atoms with Gasteiger partial charge in [-0.15, -0.1) is 0 Å². The van der Waals surface area contributed by atoms with Gasteiger partial charge in [0.05, 0.1) is 17.8 Å². The first-order valence-electron chi connectivity index (χ1n) is 5.99. The molecule has 0 atom stereocenters. The monoisotopic (exact) mass is 254 g/mol. The Morgan fingerprint density at radius 1 is 1.47 bits per heavy atom. The third-order valence-electron chi connectivity index (χ3n) is 3.02. The van der Waals surface area contributed by atoms with E-state index in [0.29, 0.717) is 0 Å². The Morgan fingerprint density at radius 2 is 2.24 bits per heavy atom. The number of anilines is 1. The zero-order chi connectivity index (χ0) is 12.3. The number of benzene rings is 1. The molecule has 0 radical (unpaired) electrons. The van der Waals surface area contributed by atoms with Gasteiger partial charge in [0.25, 0.3) is 0 Å². The van der Waals surface area contributed by atoms with Crippen molar-refractivity contribution in [2.45, 2.75) is 18.9 Å². The van der Waals surface area contributed by atoms with Crippen LogP contribution in [0.2, 0.25) is 5.02 Å². The van der Waals surface area contributed by atoms with Gasteiger partial charge >= 0.3 is 0 Å². The maximum Gasteiger partial charge on any atom is 0.120 e. The van der Waals surface area contributed by atoms with Crippen LogP contribution in [-0.2, 0) is 0 Å². The molecule has 0 saturated heterocycles. The number of methoxy groups -OCH3 is 1. The highest BCUT2D eigenvalue weighted by Gasteiger charge is 2.19. The standard InChI is InChI=1S/C13H19ClN2O/c1-16(8-7-15-10-3-4-10)13-6-5-11(17-2)9-12(13)14/h5-6,9-10,15H,3-4,7-8H2,1-2H3. The van der Waals surface area contributed by atoms with Crippen molar-refractivity contribution in [2.24, 2.45) is 0 Å². The van der Waals surface area contributed by atoms with Crippen molar-refractivity contribution in [3.63, 3.8) is 0 Å². The molecule has 1 aliphatic carbocycles. The van der Waals surface area contributed by atoms with Crippen LogP contribution in [0.15, 0.2) is 18.2 Å². The third kappa shape index (κ3) is 3.51. The molecule has 17 heavy (non-hydrogen) atoms. The van der Waals surface area contributed by atoms with E-state index in [9.17, 15) is 0 Å². The minimum absolute atomic E-state index is 0.735. The molecule has 1 saturated carbocycles. The van der Waals surface area contributed by atoms with E-state index >= 15 is 0 Å². The second-order valence-electron chi connectivity index (χ2n) is 4.47. The van der Waals surface area contributed by atoms with E-state index < -0.39 is 0 Å². The van der Waals surface area contributed by atoms with Crippen molar-refractivity contribution < 1.29 is 4.74 Å². The molecular weight excluding hydrogens is 236 g/mol. The van der Waals surface area contributed by atoms with Crippen molar-refractivity contribution in [3.05, 3.63) is 23.2 Å². The van der Waals surface area contributed by atoms with Crippen LogP contribution in [0.5, 0.6) is 5.75 Å². The fraction of sp³-hybridized carbons (Fsp3) is 0.538. The van der Waals surface area contributed by atoms with Gasteiger partial charge in [0.2, 0.25) is 0 Å². The lowest BCUT2D eigenvalue weighted by Gasteiger charge is -2.21. The van der Waals surface area contributed by atoms with Crippen LogP contribution in [0.1, 0.15) is 12.8 Å². The molecular formula is C13H19ClN2O. The normalized spacial score (nSPS) is 14.8. The van der Waals surface area contributed by atoms with E-state index in [4.69, 9.17) is 16.3 Å². The lowest BCUT2D eigenvalue weighted by Crippen LogP contribution is -2.30. The van der Waals surface area contributed by atoms with Crippen LogP contribution in [0.3, 0.4) is 0 Å². The summed E-state index contributed by atoms with van der Waals surface area (Å²) in [5, 5.41) is 4.22. The van der Waals surface area contributed by atoms with Gasteiger partial charge in [-0.2, -0.15) is 0 Å². The summed E-state index contributed by atoms with van der Waals surface area (Å²) in [5.74, 6) is 0.795. The summed E-state index contributed by atoms with van der Waals surface area (Å²) in [5.41, 5.74) is 1.05. The summed E-state index contributed by atoms with van der Waals surface area (Å²) in [4.78, 5) is 2.16. The highest BCUT2D eigenvalue weighted by atomic mass is 35.5. The van der Waals surface area contributed by atoms with Gasteiger partial charge in [0.1, 0.15) is 5.75 Å². The van der Waals surface area contributed by atoms with Crippen molar-refractivity contribution in [3.8, 4) is 5.75 Å². The molecule has 0 aliphatic heterocycles. The number of hydrogen-bond donors (Lipinski definition) is 1. The first kappa shape index (κ1) is 12.5. The Morgan fingerprint density at radius 3 is 2.82 bits per heavy atom. The minimum Gasteiger partial charge on any atom is -0.497 e. The Kier molecular flexibility index (Phi) is 4.13. The number of halogens is 1. The number of nitrogens with zero attached hydrogens (tertiary/aromatic N) is 1. The van der Waals surface area contributed by atoms with Crippen LogP contribution < -0.4 is 15.0 Å². The van der Waals surface area contributed by atoms with Crippen molar-refractivity contribution in [1.82, 2.24) is 5.32 Å². The number of ether oxygens (including phenoxy) is 1. The maximum atomic E-state index is 6.21. The molecule has 1 aliphatic rings. The van der Waals surface area contributed by atoms with Crippen LogP contribution in [0.25, 0.3) is 0 Å². The Labute approximate surface area is 108 Å². The van der Waals surface area contributed by atoms with Crippen molar-refractivity contribution >= 4 is 17.3 Å². The zero-order valence-electron chi connectivity index (χ0n) is 10.4. The van der Waals surface area contributed by atoms with Gasteiger partial charge in [-0.1, -0.05) is 11.6 Å². The van der Waals surface area contributed by atoms with Crippen molar-refractivity contribution in [2.75, 3.05) is 32.1 Å².